The Morgan fingerprint density at radius 2 is 2.27 bits per heavy atom. The normalized spacial score (nSPS) is 14.7. The van der Waals surface area contributed by atoms with Crippen LogP contribution in [0, 0.1) is 0 Å². The van der Waals surface area contributed by atoms with Crippen LogP contribution in [0.15, 0.2) is 24.4 Å². The molecule has 11 heavy (non-hydrogen) atoms. The van der Waals surface area contributed by atoms with Gasteiger partial charge in [0.2, 0.25) is 0 Å². The van der Waals surface area contributed by atoms with E-state index in [0.29, 0.717) is 0 Å². The summed E-state index contributed by atoms with van der Waals surface area (Å²) in [5.41, 5.74) is 2.29. The van der Waals surface area contributed by atoms with Gasteiger partial charge in [0.15, 0.2) is 0 Å². The molecule has 0 bridgehead atoms. The molecule has 0 saturated heterocycles. The van der Waals surface area contributed by atoms with Crippen LogP contribution in [0.5, 0.6) is 0 Å². The topological polar surface area (TPSA) is 12.9 Å². The second-order valence-corrected chi connectivity index (χ2v) is 3.05. The summed E-state index contributed by atoms with van der Waals surface area (Å²) in [7, 11) is 0. The molecule has 1 nitrogen and oxygen atoms in total. The van der Waals surface area contributed by atoms with Crippen molar-refractivity contribution in [2.75, 3.05) is 0 Å². The number of nitrogens with zero attached hydrogens (tertiary/aromatic N) is 1. The third kappa shape index (κ3) is 1.21. The molecule has 0 atom stereocenters. The molecular weight excluding hydrogens is 154 g/mol. The van der Waals surface area contributed by atoms with Crippen LogP contribution in [0.2, 0.25) is 0 Å². The molecule has 1 aromatic rings. The highest BCUT2D eigenvalue weighted by Crippen LogP contribution is 2.14. The molecule has 0 unspecified atom stereocenters. The smallest absolute Gasteiger partial charge is 0.0665 e. The average Bonchev–Trinajstić information content (AvgIpc) is 2.04. The molecular formula is C9H7NS. The summed E-state index contributed by atoms with van der Waals surface area (Å²) < 4.78 is 0. The standard InChI is InChI=1S/C9H7NS/c11-8-3-4-9-7(6-8)2-1-5-10-9/h1-5H,6H2. The Labute approximate surface area is 70.8 Å². The van der Waals surface area contributed by atoms with Crippen LogP contribution in [-0.2, 0) is 6.42 Å². The first kappa shape index (κ1) is 6.68. The van der Waals surface area contributed by atoms with Gasteiger partial charge >= 0.3 is 0 Å². The first-order valence-electron chi connectivity index (χ1n) is 3.51. The number of thiocarbonyl (C=S) groups is 1. The molecule has 0 radical (unpaired) electrons. The number of hydrogen-bond acceptors (Lipinski definition) is 2. The van der Waals surface area contributed by atoms with Crippen molar-refractivity contribution in [3.05, 3.63) is 35.7 Å². The third-order valence-electron chi connectivity index (χ3n) is 1.72. The van der Waals surface area contributed by atoms with E-state index in [1.54, 1.807) is 6.20 Å². The number of hydrogen-bond donors (Lipinski definition) is 0. The van der Waals surface area contributed by atoms with Crippen LogP contribution >= 0.6 is 12.2 Å². The minimum absolute atomic E-state index is 0.870. The number of allylic oxidation sites excluding steroid dienone is 1. The molecule has 0 aromatic carbocycles. The lowest BCUT2D eigenvalue weighted by Crippen LogP contribution is -2.04. The molecule has 2 rings (SSSR count). The maximum Gasteiger partial charge on any atom is 0.0665 e. The van der Waals surface area contributed by atoms with Gasteiger partial charge in [-0.3, -0.25) is 4.98 Å². The van der Waals surface area contributed by atoms with Crippen LogP contribution in [0.1, 0.15) is 11.3 Å². The van der Waals surface area contributed by atoms with Crippen molar-refractivity contribution in [1.82, 2.24) is 4.98 Å². The molecule has 0 spiro atoms. The highest BCUT2D eigenvalue weighted by atomic mass is 32.1. The summed E-state index contributed by atoms with van der Waals surface area (Å²) in [6, 6.07) is 4.01. The Morgan fingerprint density at radius 1 is 1.36 bits per heavy atom. The number of aromatic nitrogens is 1. The predicted molar refractivity (Wildman–Crippen MR) is 49.6 cm³/mol. The van der Waals surface area contributed by atoms with E-state index < -0.39 is 0 Å². The Balaban J connectivity index is 2.54. The number of pyridine rings is 1. The van der Waals surface area contributed by atoms with Crippen LogP contribution in [-0.4, -0.2) is 9.85 Å². The SMILES string of the molecule is S=C1C=Cc2ncccc2C1. The molecule has 0 fully saturated rings. The van der Waals surface area contributed by atoms with Crippen LogP contribution in [0.25, 0.3) is 6.08 Å². The van der Waals surface area contributed by atoms with E-state index in [0.717, 1.165) is 17.0 Å². The zero-order valence-corrected chi connectivity index (χ0v) is 6.77. The zero-order chi connectivity index (χ0) is 7.68. The second kappa shape index (κ2) is 2.55. The average molecular weight is 161 g/mol. The molecule has 2 heteroatoms. The fourth-order valence-corrected chi connectivity index (χ4v) is 1.39. The zero-order valence-electron chi connectivity index (χ0n) is 5.95. The first-order chi connectivity index (χ1) is 5.36. The molecule has 1 aromatic heterocycles. The molecule has 0 N–H and O–H groups in total. The van der Waals surface area contributed by atoms with Gasteiger partial charge in [-0.05, 0) is 23.8 Å². The van der Waals surface area contributed by atoms with E-state index in [4.69, 9.17) is 12.2 Å². The van der Waals surface area contributed by atoms with Crippen molar-refractivity contribution >= 4 is 23.2 Å². The van der Waals surface area contributed by atoms with Gasteiger partial charge in [0.25, 0.3) is 0 Å². The fraction of sp³-hybridized carbons (Fsp3) is 0.111. The molecule has 0 amide bonds. The summed E-state index contributed by atoms with van der Waals surface area (Å²) in [4.78, 5) is 5.20. The summed E-state index contributed by atoms with van der Waals surface area (Å²) in [5, 5.41) is 0. The van der Waals surface area contributed by atoms with Crippen LogP contribution in [0.4, 0.5) is 0 Å². The van der Waals surface area contributed by atoms with Gasteiger partial charge in [0.05, 0.1) is 5.69 Å². The Kier molecular flexibility index (Phi) is 1.55. The van der Waals surface area contributed by atoms with E-state index in [-0.39, 0.29) is 0 Å². The lowest BCUT2D eigenvalue weighted by Gasteiger charge is -2.08. The number of fused-ring (bicyclic) bond motifs is 1. The van der Waals surface area contributed by atoms with Crippen molar-refractivity contribution in [1.29, 1.82) is 0 Å². The van der Waals surface area contributed by atoms with Crippen molar-refractivity contribution in [2.24, 2.45) is 0 Å². The summed E-state index contributed by atoms with van der Waals surface area (Å²) in [6.07, 6.45) is 6.60. The molecule has 1 aliphatic carbocycles. The Morgan fingerprint density at radius 3 is 3.18 bits per heavy atom. The van der Waals surface area contributed by atoms with Crippen molar-refractivity contribution < 1.29 is 0 Å². The quantitative estimate of drug-likeness (QED) is 0.540. The lowest BCUT2D eigenvalue weighted by atomic mass is 10.0. The molecule has 0 aliphatic heterocycles. The van der Waals surface area contributed by atoms with E-state index in [2.05, 4.69) is 11.1 Å². The summed E-state index contributed by atoms with van der Waals surface area (Å²) in [5.74, 6) is 0. The molecule has 0 saturated carbocycles. The van der Waals surface area contributed by atoms with Gasteiger partial charge in [0, 0.05) is 17.5 Å². The fourth-order valence-electron chi connectivity index (χ4n) is 1.17. The van der Waals surface area contributed by atoms with Crippen molar-refractivity contribution in [2.45, 2.75) is 6.42 Å². The van der Waals surface area contributed by atoms with Gasteiger partial charge in [-0.1, -0.05) is 18.3 Å². The summed E-state index contributed by atoms with van der Waals surface area (Å²) in [6.45, 7) is 0. The highest BCUT2D eigenvalue weighted by molar-refractivity contribution is 7.80. The maximum absolute atomic E-state index is 5.07. The minimum Gasteiger partial charge on any atom is -0.257 e. The van der Waals surface area contributed by atoms with E-state index in [1.807, 2.05) is 18.2 Å². The van der Waals surface area contributed by atoms with Gasteiger partial charge in [-0.25, -0.2) is 0 Å². The van der Waals surface area contributed by atoms with Gasteiger partial charge in [-0.2, -0.15) is 0 Å². The van der Waals surface area contributed by atoms with Crippen molar-refractivity contribution in [3.8, 4) is 0 Å². The third-order valence-corrected chi connectivity index (χ3v) is 2.00. The summed E-state index contributed by atoms with van der Waals surface area (Å²) >= 11 is 5.07. The molecule has 1 heterocycles. The van der Waals surface area contributed by atoms with E-state index in [9.17, 15) is 0 Å². The van der Waals surface area contributed by atoms with Gasteiger partial charge < -0.3 is 0 Å². The monoisotopic (exact) mass is 161 g/mol. The van der Waals surface area contributed by atoms with E-state index in [1.165, 1.54) is 5.56 Å². The first-order valence-corrected chi connectivity index (χ1v) is 3.92. The minimum atomic E-state index is 0.870. The predicted octanol–water partition coefficient (Wildman–Crippen LogP) is 2.02. The van der Waals surface area contributed by atoms with Gasteiger partial charge in [-0.15, -0.1) is 0 Å². The highest BCUT2D eigenvalue weighted by Gasteiger charge is 2.06. The van der Waals surface area contributed by atoms with E-state index >= 15 is 0 Å². The second-order valence-electron chi connectivity index (χ2n) is 2.52. The Bertz CT molecular complexity index is 328. The lowest BCUT2D eigenvalue weighted by molar-refractivity contribution is 1.19. The van der Waals surface area contributed by atoms with Crippen LogP contribution < -0.4 is 0 Å². The van der Waals surface area contributed by atoms with Crippen molar-refractivity contribution in [3.63, 3.8) is 0 Å². The van der Waals surface area contributed by atoms with Crippen LogP contribution in [0.3, 0.4) is 0 Å². The largest absolute Gasteiger partial charge is 0.257 e. The molecule has 54 valence electrons. The Hall–Kier alpha value is -1.02. The van der Waals surface area contributed by atoms with Gasteiger partial charge in [0.1, 0.15) is 0 Å². The number of rotatable bonds is 0. The molecule has 1 aliphatic rings. The maximum atomic E-state index is 5.07.